The average molecular weight is 562 g/mol. The summed E-state index contributed by atoms with van der Waals surface area (Å²) in [6.45, 7) is 5.25. The molecule has 2 aromatic heterocycles. The van der Waals surface area contributed by atoms with Crippen LogP contribution in [0.4, 0.5) is 9.80 Å². The lowest BCUT2D eigenvalue weighted by Crippen LogP contribution is -2.47. The number of rotatable bonds is 14. The topological polar surface area (TPSA) is 198 Å². The van der Waals surface area contributed by atoms with Crippen molar-refractivity contribution >= 4 is 28.6 Å². The van der Waals surface area contributed by atoms with Crippen LogP contribution in [0, 0.1) is 5.41 Å². The molecule has 3 aromatic rings. The van der Waals surface area contributed by atoms with Gasteiger partial charge in [-0.2, -0.15) is 4.98 Å². The zero-order valence-electron chi connectivity index (χ0n) is 21.8. The number of aromatic nitrogens is 2. The number of thiazole rings is 1. The highest BCUT2D eigenvalue weighted by atomic mass is 32.1. The van der Waals surface area contributed by atoms with Crippen LogP contribution in [-0.4, -0.2) is 54.2 Å². The molecule has 2 unspecified atom stereocenters. The van der Waals surface area contributed by atoms with Gasteiger partial charge in [-0.05, 0) is 42.1 Å². The molecule has 0 bridgehead atoms. The molecule has 0 saturated heterocycles. The maximum absolute atomic E-state index is 13.0. The highest BCUT2D eigenvalue weighted by Gasteiger charge is 2.30. The van der Waals surface area contributed by atoms with Crippen molar-refractivity contribution in [3.63, 3.8) is 0 Å². The molecule has 0 saturated carbocycles. The Morgan fingerprint density at radius 1 is 1.27 bits per heavy atom. The van der Waals surface area contributed by atoms with Crippen molar-refractivity contribution in [3.8, 4) is 16.5 Å². The van der Waals surface area contributed by atoms with Gasteiger partial charge in [0.25, 0.3) is 0 Å². The monoisotopic (exact) mass is 561 g/mol. The summed E-state index contributed by atoms with van der Waals surface area (Å²) in [6, 6.07) is 12.3. The van der Waals surface area contributed by atoms with Gasteiger partial charge in [-0.15, -0.1) is 0 Å². The van der Waals surface area contributed by atoms with Crippen molar-refractivity contribution in [2.24, 2.45) is 10.2 Å². The van der Waals surface area contributed by atoms with Crippen LogP contribution in [0.2, 0.25) is 0 Å². The number of hydrogen-bond acceptors (Lipinski definition) is 10. The number of ether oxygens (including phenoxy) is 2. The van der Waals surface area contributed by atoms with Crippen molar-refractivity contribution in [1.29, 1.82) is 5.41 Å². The van der Waals surface area contributed by atoms with Gasteiger partial charge in [0.2, 0.25) is 5.88 Å². The third-order valence-corrected chi connectivity index (χ3v) is 6.71. The van der Waals surface area contributed by atoms with Crippen molar-refractivity contribution in [3.05, 3.63) is 93.6 Å². The minimum atomic E-state index is -1.46. The van der Waals surface area contributed by atoms with Gasteiger partial charge in [0.05, 0.1) is 19.7 Å². The lowest BCUT2D eigenvalue weighted by atomic mass is 10.0. The molecule has 14 nitrogen and oxygen atoms in total. The number of carbonyl (C=O) groups excluding carboxylic acids is 1. The van der Waals surface area contributed by atoms with Crippen LogP contribution in [0.15, 0.2) is 77.4 Å². The van der Waals surface area contributed by atoms with E-state index in [1.54, 1.807) is 23.4 Å². The summed E-state index contributed by atoms with van der Waals surface area (Å²) in [6.07, 6.45) is 3.65. The molecular formula is C25H27N11O3S. The Bertz CT molecular complexity index is 1420. The molecule has 206 valence electrons. The van der Waals surface area contributed by atoms with Crippen LogP contribution >= 0.6 is 11.3 Å². The standard InChI is InChI=1S/C25H27N11O3S/c1-17(36(16-31-35-28)23-21(38-3)33-22(40-23)19-10-7-11-29-13-19)20(12-18-8-5-4-6-9-18)32-24(37)39-25(2,14-26)15-30-34-27/h4-11,13-14,20,26H,1,12,15-16H2,2-3H3,(H,32,37). The van der Waals surface area contributed by atoms with E-state index in [4.69, 9.17) is 25.9 Å². The SMILES string of the molecule is C=C(C(Cc1ccccc1)NC(=O)OC(C)(C=N)CN=[N+]=[N-])N(CN=[N+]=[N-])c1sc(-c2cccnc2)nc1OC. The molecule has 0 aliphatic carbocycles. The smallest absolute Gasteiger partial charge is 0.408 e. The summed E-state index contributed by atoms with van der Waals surface area (Å²) in [5.41, 5.74) is 18.3. The van der Waals surface area contributed by atoms with Gasteiger partial charge in [0.15, 0.2) is 10.6 Å². The number of pyridine rings is 1. The quantitative estimate of drug-likeness (QED) is 0.107. The van der Waals surface area contributed by atoms with Crippen LogP contribution in [0.3, 0.4) is 0 Å². The molecule has 40 heavy (non-hydrogen) atoms. The van der Waals surface area contributed by atoms with Crippen molar-refractivity contribution in [2.45, 2.75) is 25.0 Å². The minimum absolute atomic E-state index is 0.169. The Balaban J connectivity index is 1.99. The number of amides is 1. The first kappa shape index (κ1) is 29.5. The summed E-state index contributed by atoms with van der Waals surface area (Å²) >= 11 is 1.27. The van der Waals surface area contributed by atoms with Gasteiger partial charge in [-0.3, -0.25) is 4.98 Å². The van der Waals surface area contributed by atoms with Crippen molar-refractivity contribution in [2.75, 3.05) is 25.2 Å². The van der Waals surface area contributed by atoms with E-state index >= 15 is 0 Å². The van der Waals surface area contributed by atoms with E-state index in [0.717, 1.165) is 17.3 Å². The fourth-order valence-corrected chi connectivity index (χ4v) is 4.60. The molecule has 1 amide bonds. The molecule has 0 aliphatic rings. The number of azide groups is 2. The van der Waals surface area contributed by atoms with Gasteiger partial charge >= 0.3 is 6.09 Å². The highest BCUT2D eigenvalue weighted by molar-refractivity contribution is 7.19. The molecule has 0 fully saturated rings. The molecule has 2 N–H and O–H groups in total. The van der Waals surface area contributed by atoms with Gasteiger partial charge in [-0.1, -0.05) is 58.5 Å². The lowest BCUT2D eigenvalue weighted by Gasteiger charge is -2.31. The van der Waals surface area contributed by atoms with Crippen LogP contribution < -0.4 is 15.0 Å². The summed E-state index contributed by atoms with van der Waals surface area (Å²) in [5, 5.41) is 18.7. The maximum Gasteiger partial charge on any atom is 0.408 e. The van der Waals surface area contributed by atoms with E-state index in [1.165, 1.54) is 25.4 Å². The van der Waals surface area contributed by atoms with E-state index in [2.05, 4.69) is 41.9 Å². The Labute approximate surface area is 234 Å². The van der Waals surface area contributed by atoms with E-state index in [9.17, 15) is 4.79 Å². The number of alkyl carbamates (subject to hydrolysis) is 1. The van der Waals surface area contributed by atoms with E-state index in [-0.39, 0.29) is 19.1 Å². The second-order valence-corrected chi connectivity index (χ2v) is 9.47. The number of carbonyl (C=O) groups is 1. The fourth-order valence-electron chi connectivity index (χ4n) is 3.54. The number of anilines is 1. The first-order chi connectivity index (χ1) is 19.3. The van der Waals surface area contributed by atoms with Crippen molar-refractivity contribution in [1.82, 2.24) is 15.3 Å². The van der Waals surface area contributed by atoms with E-state index in [0.29, 0.717) is 22.1 Å². The average Bonchev–Trinajstić information content (AvgIpc) is 3.41. The number of benzene rings is 1. The first-order valence-corrected chi connectivity index (χ1v) is 12.6. The molecule has 0 spiro atoms. The zero-order chi connectivity index (χ0) is 29.0. The van der Waals surface area contributed by atoms with Gasteiger partial charge < -0.3 is 25.1 Å². The van der Waals surface area contributed by atoms with Gasteiger partial charge in [0.1, 0.15) is 11.7 Å². The first-order valence-electron chi connectivity index (χ1n) is 11.8. The molecule has 15 heteroatoms. The second kappa shape index (κ2) is 14.2. The van der Waals surface area contributed by atoms with Crippen molar-refractivity contribution < 1.29 is 14.3 Å². The summed E-state index contributed by atoms with van der Waals surface area (Å²) in [7, 11) is 1.47. The molecular weight excluding hydrogens is 534 g/mol. The predicted octanol–water partition coefficient (Wildman–Crippen LogP) is 5.86. The second-order valence-electron chi connectivity index (χ2n) is 8.49. The largest absolute Gasteiger partial charge is 0.479 e. The Morgan fingerprint density at radius 3 is 2.65 bits per heavy atom. The van der Waals surface area contributed by atoms with E-state index < -0.39 is 17.7 Å². The number of methoxy groups -OCH3 is 1. The molecule has 0 aliphatic heterocycles. The summed E-state index contributed by atoms with van der Waals surface area (Å²) in [4.78, 5) is 28.9. The Hall–Kier alpha value is -5.10. The number of hydrogen-bond donors (Lipinski definition) is 2. The normalized spacial score (nSPS) is 12.4. The number of nitrogens with zero attached hydrogens (tertiary/aromatic N) is 9. The maximum atomic E-state index is 13.0. The van der Waals surface area contributed by atoms with E-state index in [1.807, 2.05) is 36.4 Å². The Morgan fingerprint density at radius 2 is 2.02 bits per heavy atom. The lowest BCUT2D eigenvalue weighted by molar-refractivity contribution is 0.0785. The third kappa shape index (κ3) is 7.71. The third-order valence-electron chi connectivity index (χ3n) is 5.60. The van der Waals surface area contributed by atoms with Crippen LogP contribution in [0.25, 0.3) is 31.5 Å². The summed E-state index contributed by atoms with van der Waals surface area (Å²) in [5.74, 6) is 0.268. The minimum Gasteiger partial charge on any atom is -0.479 e. The summed E-state index contributed by atoms with van der Waals surface area (Å²) < 4.78 is 11.0. The zero-order valence-corrected chi connectivity index (χ0v) is 22.7. The molecule has 1 aromatic carbocycles. The molecule has 2 heterocycles. The molecule has 2 atom stereocenters. The van der Waals surface area contributed by atoms with Gasteiger partial charge in [-0.25, -0.2) is 4.79 Å². The fraction of sp³-hybridized carbons (Fsp3) is 0.280. The predicted molar refractivity (Wildman–Crippen MR) is 152 cm³/mol. The van der Waals surface area contributed by atoms with Crippen LogP contribution in [0.5, 0.6) is 5.88 Å². The molecule has 0 radical (unpaired) electrons. The van der Waals surface area contributed by atoms with Crippen LogP contribution in [0.1, 0.15) is 12.5 Å². The highest BCUT2D eigenvalue weighted by Crippen LogP contribution is 2.41. The Kier molecular flexibility index (Phi) is 10.4. The number of nitrogens with one attached hydrogen (secondary N) is 2. The van der Waals surface area contributed by atoms with Crippen LogP contribution in [-0.2, 0) is 11.2 Å². The van der Waals surface area contributed by atoms with Gasteiger partial charge in [0, 0.05) is 39.7 Å². The molecule has 3 rings (SSSR count).